The monoisotopic (exact) mass is 526 g/mol. The van der Waals surface area contributed by atoms with Crippen molar-refractivity contribution in [2.24, 2.45) is 0 Å². The molecule has 12 nitrogen and oxygen atoms in total. The molecule has 2 aliphatic heterocycles. The zero-order chi connectivity index (χ0) is 26.9. The van der Waals surface area contributed by atoms with Gasteiger partial charge >= 0.3 is 0 Å². The summed E-state index contributed by atoms with van der Waals surface area (Å²) in [5.41, 5.74) is 8.62. The summed E-state index contributed by atoms with van der Waals surface area (Å²) in [4.78, 5) is 42.6. The number of imidazole rings is 1. The molecule has 12 heteroatoms. The van der Waals surface area contributed by atoms with E-state index in [4.69, 9.17) is 5.73 Å². The van der Waals surface area contributed by atoms with Crippen molar-refractivity contribution in [2.45, 2.75) is 38.5 Å². The first kappa shape index (κ1) is 24.7. The first-order chi connectivity index (χ1) is 19.0. The van der Waals surface area contributed by atoms with Gasteiger partial charge in [0.05, 0.1) is 18.0 Å². The molecule has 6 rings (SSSR count). The number of nitrogens with zero attached hydrogens (tertiary/aromatic N) is 8. The number of hydrogen-bond acceptors (Lipinski definition) is 8. The van der Waals surface area contributed by atoms with Gasteiger partial charge in [0.25, 0.3) is 5.91 Å². The molecule has 0 radical (unpaired) electrons. The zero-order valence-electron chi connectivity index (χ0n) is 21.5. The lowest BCUT2D eigenvalue weighted by atomic mass is 10.1. The lowest BCUT2D eigenvalue weighted by Crippen LogP contribution is -2.40. The molecule has 4 aromatic rings. The Hall–Kier alpha value is -4.58. The van der Waals surface area contributed by atoms with E-state index in [0.29, 0.717) is 29.8 Å². The number of likely N-dealkylation sites (tertiary alicyclic amines) is 1. The fourth-order valence-corrected chi connectivity index (χ4v) is 5.39. The van der Waals surface area contributed by atoms with Gasteiger partial charge in [0.15, 0.2) is 11.3 Å². The smallest absolute Gasteiger partial charge is 0.277 e. The molecule has 200 valence electrons. The number of rotatable bonds is 6. The standard InChI is InChI=1S/C27H30N10O2/c1-2-22(38)36-10-3-4-20(15-36)37-26-23(25(28)30-17-31-26)24(33-37)27(39)32-19-7-5-18(6-8-19)14-34-12-13-35-11-9-29-21(35)16-34/h2,5-9,11,17,20H,1,3-4,10,12-16H2,(H,32,39)(H2,28,30,31). The second-order valence-electron chi connectivity index (χ2n) is 9.93. The number of carbonyl (C=O) groups is 2. The molecule has 0 saturated carbocycles. The Morgan fingerprint density at radius 3 is 2.79 bits per heavy atom. The summed E-state index contributed by atoms with van der Waals surface area (Å²) in [6, 6.07) is 7.65. The number of nitrogens with one attached hydrogen (secondary N) is 1. The van der Waals surface area contributed by atoms with Crippen LogP contribution in [-0.2, 0) is 24.4 Å². The SMILES string of the molecule is C=CC(=O)N1CCCC(n2nc(C(=O)Nc3ccc(CN4CCn5ccnc5C4)cc3)c3c(N)ncnc32)C1. The van der Waals surface area contributed by atoms with Crippen molar-refractivity contribution in [3.8, 4) is 0 Å². The largest absolute Gasteiger partial charge is 0.383 e. The van der Waals surface area contributed by atoms with Crippen LogP contribution in [0.1, 0.15) is 40.8 Å². The minimum absolute atomic E-state index is 0.127. The maximum absolute atomic E-state index is 13.4. The van der Waals surface area contributed by atoms with Crippen LogP contribution in [-0.4, -0.2) is 70.5 Å². The number of piperidine rings is 1. The number of benzene rings is 1. The predicted octanol–water partition coefficient (Wildman–Crippen LogP) is 2.22. The molecule has 3 N–H and O–H groups in total. The van der Waals surface area contributed by atoms with Crippen LogP contribution in [0.4, 0.5) is 11.5 Å². The van der Waals surface area contributed by atoms with Gasteiger partial charge in [-0.05, 0) is 36.6 Å². The van der Waals surface area contributed by atoms with E-state index in [1.165, 1.54) is 12.4 Å². The molecule has 1 fully saturated rings. The molecular formula is C27H30N10O2. The van der Waals surface area contributed by atoms with Gasteiger partial charge in [-0.3, -0.25) is 14.5 Å². The average Bonchev–Trinajstić information content (AvgIpc) is 3.59. The van der Waals surface area contributed by atoms with E-state index in [1.807, 2.05) is 36.7 Å². The van der Waals surface area contributed by atoms with Gasteiger partial charge in [-0.2, -0.15) is 5.10 Å². The first-order valence-corrected chi connectivity index (χ1v) is 13.0. The van der Waals surface area contributed by atoms with Crippen LogP contribution in [0.3, 0.4) is 0 Å². The minimum Gasteiger partial charge on any atom is -0.383 e. The third-order valence-electron chi connectivity index (χ3n) is 7.40. The molecule has 1 aromatic carbocycles. The molecule has 0 bridgehead atoms. The van der Waals surface area contributed by atoms with Crippen LogP contribution in [0.2, 0.25) is 0 Å². The van der Waals surface area contributed by atoms with Crippen molar-refractivity contribution in [3.63, 3.8) is 0 Å². The van der Waals surface area contributed by atoms with Gasteiger partial charge in [0.1, 0.15) is 18.0 Å². The Labute approximate surface area is 225 Å². The zero-order valence-corrected chi connectivity index (χ0v) is 21.5. The van der Waals surface area contributed by atoms with Gasteiger partial charge < -0.3 is 20.5 Å². The summed E-state index contributed by atoms with van der Waals surface area (Å²) in [6.45, 7) is 8.20. The maximum atomic E-state index is 13.4. The fraction of sp³-hybridized carbons (Fsp3) is 0.333. The summed E-state index contributed by atoms with van der Waals surface area (Å²) in [6.07, 6.45) is 8.14. The van der Waals surface area contributed by atoms with E-state index >= 15 is 0 Å². The Morgan fingerprint density at radius 1 is 1.13 bits per heavy atom. The molecule has 1 unspecified atom stereocenters. The lowest BCUT2D eigenvalue weighted by molar-refractivity contribution is -0.127. The van der Waals surface area contributed by atoms with E-state index in [0.717, 1.165) is 50.4 Å². The summed E-state index contributed by atoms with van der Waals surface area (Å²) < 4.78 is 3.89. The van der Waals surface area contributed by atoms with Gasteiger partial charge in [0, 0.05) is 50.8 Å². The van der Waals surface area contributed by atoms with Gasteiger partial charge in [0.2, 0.25) is 5.91 Å². The predicted molar refractivity (Wildman–Crippen MR) is 146 cm³/mol. The molecule has 0 spiro atoms. The van der Waals surface area contributed by atoms with Crippen molar-refractivity contribution in [3.05, 3.63) is 72.7 Å². The van der Waals surface area contributed by atoms with E-state index in [-0.39, 0.29) is 23.5 Å². The molecule has 39 heavy (non-hydrogen) atoms. The summed E-state index contributed by atoms with van der Waals surface area (Å²) in [5, 5.41) is 7.99. The molecule has 0 aliphatic carbocycles. The Kier molecular flexibility index (Phi) is 6.53. The lowest BCUT2D eigenvalue weighted by Gasteiger charge is -2.32. The van der Waals surface area contributed by atoms with Crippen LogP contribution < -0.4 is 11.1 Å². The number of anilines is 2. The number of hydrogen-bond donors (Lipinski definition) is 2. The van der Waals surface area contributed by atoms with Crippen LogP contribution >= 0.6 is 0 Å². The third-order valence-corrected chi connectivity index (χ3v) is 7.40. The van der Waals surface area contributed by atoms with Crippen molar-refractivity contribution < 1.29 is 9.59 Å². The third kappa shape index (κ3) is 4.86. The number of fused-ring (bicyclic) bond motifs is 2. The number of nitrogen functional groups attached to an aromatic ring is 1. The molecule has 1 atom stereocenters. The highest BCUT2D eigenvalue weighted by atomic mass is 16.2. The second kappa shape index (κ2) is 10.3. The Bertz CT molecular complexity index is 1540. The van der Waals surface area contributed by atoms with Crippen LogP contribution in [0.5, 0.6) is 0 Å². The Morgan fingerprint density at radius 2 is 1.97 bits per heavy atom. The molecule has 2 aliphatic rings. The number of amides is 2. The number of nitrogens with two attached hydrogens (primary N) is 1. The molecule has 5 heterocycles. The van der Waals surface area contributed by atoms with Gasteiger partial charge in [-0.25, -0.2) is 19.6 Å². The van der Waals surface area contributed by atoms with Gasteiger partial charge in [-0.15, -0.1) is 0 Å². The summed E-state index contributed by atoms with van der Waals surface area (Å²) in [5.74, 6) is 0.737. The molecular weight excluding hydrogens is 496 g/mol. The van der Waals surface area contributed by atoms with E-state index < -0.39 is 5.91 Å². The van der Waals surface area contributed by atoms with Gasteiger partial charge in [-0.1, -0.05) is 18.7 Å². The fourth-order valence-electron chi connectivity index (χ4n) is 5.39. The number of carbonyl (C=O) groups excluding carboxylic acids is 2. The number of aromatic nitrogens is 6. The van der Waals surface area contributed by atoms with Crippen molar-refractivity contribution in [2.75, 3.05) is 30.7 Å². The molecule has 3 aromatic heterocycles. The van der Waals surface area contributed by atoms with Crippen molar-refractivity contribution in [1.82, 2.24) is 39.1 Å². The summed E-state index contributed by atoms with van der Waals surface area (Å²) >= 11 is 0. The quantitative estimate of drug-likeness (QED) is 0.365. The van der Waals surface area contributed by atoms with E-state index in [2.05, 4.69) is 41.4 Å². The van der Waals surface area contributed by atoms with Crippen molar-refractivity contribution >= 4 is 34.4 Å². The molecule has 2 amide bonds. The average molecular weight is 527 g/mol. The van der Waals surface area contributed by atoms with Crippen molar-refractivity contribution in [1.29, 1.82) is 0 Å². The second-order valence-corrected chi connectivity index (χ2v) is 9.93. The first-order valence-electron chi connectivity index (χ1n) is 13.0. The highest BCUT2D eigenvalue weighted by Crippen LogP contribution is 2.29. The minimum atomic E-state index is -0.397. The molecule has 1 saturated heterocycles. The summed E-state index contributed by atoms with van der Waals surface area (Å²) in [7, 11) is 0. The van der Waals surface area contributed by atoms with Crippen LogP contribution in [0.25, 0.3) is 11.0 Å². The van der Waals surface area contributed by atoms with Crippen LogP contribution in [0.15, 0.2) is 55.6 Å². The highest BCUT2D eigenvalue weighted by Gasteiger charge is 2.29. The normalized spacial score (nSPS) is 17.6. The topological polar surface area (TPSA) is 140 Å². The van der Waals surface area contributed by atoms with E-state index in [1.54, 1.807) is 9.58 Å². The highest BCUT2D eigenvalue weighted by molar-refractivity contribution is 6.13. The van der Waals surface area contributed by atoms with E-state index in [9.17, 15) is 9.59 Å². The Balaban J connectivity index is 1.19. The van der Waals surface area contributed by atoms with Crippen LogP contribution in [0, 0.1) is 0 Å². The maximum Gasteiger partial charge on any atom is 0.277 e.